The molecule has 7 nitrogen and oxygen atoms in total. The van der Waals surface area contributed by atoms with E-state index in [9.17, 15) is 9.59 Å². The fraction of sp³-hybridized carbons (Fsp3) is 0.353. The first kappa shape index (κ1) is 16.0. The van der Waals surface area contributed by atoms with Gasteiger partial charge in [-0.3, -0.25) is 4.79 Å². The third-order valence-corrected chi connectivity index (χ3v) is 4.12. The molecule has 3 N–H and O–H groups in total. The Kier molecular flexibility index (Phi) is 4.79. The normalized spacial score (nSPS) is 17.0. The van der Waals surface area contributed by atoms with Crippen LogP contribution < -0.4 is 16.0 Å². The van der Waals surface area contributed by atoms with Gasteiger partial charge < -0.3 is 20.7 Å². The summed E-state index contributed by atoms with van der Waals surface area (Å²) >= 11 is 0. The minimum absolute atomic E-state index is 0.312. The van der Waals surface area contributed by atoms with Crippen molar-refractivity contribution in [2.75, 3.05) is 31.1 Å². The number of aromatic nitrogens is 1. The molecule has 3 rings (SSSR count). The van der Waals surface area contributed by atoms with Gasteiger partial charge in [0.1, 0.15) is 5.82 Å². The second kappa shape index (κ2) is 7.16. The number of amides is 2. The number of ether oxygens (including phenoxy) is 1. The SMILES string of the molecule is NC(=O)COC(=O)NCC1CCN(c2nccc3ccccc23)C1. The maximum atomic E-state index is 11.5. The number of fused-ring (bicyclic) bond motifs is 1. The Bertz CT molecular complexity index is 744. The van der Waals surface area contributed by atoms with E-state index in [0.717, 1.165) is 30.7 Å². The largest absolute Gasteiger partial charge is 0.439 e. The molecule has 7 heteroatoms. The predicted molar refractivity (Wildman–Crippen MR) is 90.6 cm³/mol. The number of hydrogen-bond acceptors (Lipinski definition) is 5. The number of carbonyl (C=O) groups is 2. The van der Waals surface area contributed by atoms with Crippen molar-refractivity contribution in [3.8, 4) is 0 Å². The average Bonchev–Trinajstić information content (AvgIpc) is 3.06. The summed E-state index contributed by atoms with van der Waals surface area (Å²) in [5.74, 6) is 0.623. The lowest BCUT2D eigenvalue weighted by atomic mass is 10.1. The minimum atomic E-state index is -0.667. The van der Waals surface area contributed by atoms with E-state index in [2.05, 4.69) is 32.1 Å². The first-order valence-corrected chi connectivity index (χ1v) is 7.91. The van der Waals surface area contributed by atoms with Crippen LogP contribution in [0.5, 0.6) is 0 Å². The van der Waals surface area contributed by atoms with Crippen molar-refractivity contribution in [1.29, 1.82) is 0 Å². The number of primary amides is 1. The number of nitrogens with zero attached hydrogens (tertiary/aromatic N) is 2. The molecule has 0 radical (unpaired) electrons. The molecule has 1 aliphatic rings. The molecule has 2 aromatic rings. The molecule has 126 valence electrons. The van der Waals surface area contributed by atoms with E-state index in [0.29, 0.717) is 12.5 Å². The van der Waals surface area contributed by atoms with Gasteiger partial charge in [0.15, 0.2) is 6.61 Å². The van der Waals surface area contributed by atoms with Gasteiger partial charge in [0.05, 0.1) is 0 Å². The molecule has 24 heavy (non-hydrogen) atoms. The van der Waals surface area contributed by atoms with Crippen LogP contribution in [0.1, 0.15) is 6.42 Å². The van der Waals surface area contributed by atoms with Crippen molar-refractivity contribution >= 4 is 28.6 Å². The van der Waals surface area contributed by atoms with Gasteiger partial charge in [-0.2, -0.15) is 0 Å². The molecule has 1 aliphatic heterocycles. The lowest BCUT2D eigenvalue weighted by molar-refractivity contribution is -0.120. The van der Waals surface area contributed by atoms with Crippen molar-refractivity contribution in [3.05, 3.63) is 36.5 Å². The summed E-state index contributed by atoms with van der Waals surface area (Å²) in [5.41, 5.74) is 4.93. The molecule has 1 saturated heterocycles. The molecule has 0 spiro atoms. The zero-order chi connectivity index (χ0) is 16.9. The van der Waals surface area contributed by atoms with Crippen molar-refractivity contribution in [3.63, 3.8) is 0 Å². The molecule has 0 saturated carbocycles. The molecular weight excluding hydrogens is 308 g/mol. The Morgan fingerprint density at radius 3 is 3.00 bits per heavy atom. The van der Waals surface area contributed by atoms with E-state index >= 15 is 0 Å². The van der Waals surface area contributed by atoms with E-state index in [1.807, 2.05) is 24.4 Å². The Morgan fingerprint density at radius 2 is 2.17 bits per heavy atom. The van der Waals surface area contributed by atoms with Gasteiger partial charge in [0.25, 0.3) is 5.91 Å². The summed E-state index contributed by atoms with van der Waals surface area (Å²) in [4.78, 5) is 28.8. The Labute approximate surface area is 139 Å². The van der Waals surface area contributed by atoms with Gasteiger partial charge in [-0.25, -0.2) is 9.78 Å². The zero-order valence-electron chi connectivity index (χ0n) is 13.3. The van der Waals surface area contributed by atoms with Gasteiger partial charge in [-0.05, 0) is 23.8 Å². The number of nitrogens with two attached hydrogens (primary N) is 1. The average molecular weight is 328 g/mol. The van der Waals surface area contributed by atoms with Crippen LogP contribution >= 0.6 is 0 Å². The second-order valence-corrected chi connectivity index (χ2v) is 5.88. The molecule has 1 unspecified atom stereocenters. The first-order valence-electron chi connectivity index (χ1n) is 7.91. The molecular formula is C17H20N4O3. The Hall–Kier alpha value is -2.83. The molecule has 1 atom stereocenters. The summed E-state index contributed by atoms with van der Waals surface area (Å²) in [6, 6.07) is 10.2. The van der Waals surface area contributed by atoms with Gasteiger partial charge >= 0.3 is 6.09 Å². The van der Waals surface area contributed by atoms with Crippen LogP contribution in [0, 0.1) is 5.92 Å². The van der Waals surface area contributed by atoms with Crippen LogP contribution in [0.4, 0.5) is 10.6 Å². The van der Waals surface area contributed by atoms with E-state index in [-0.39, 0.29) is 0 Å². The molecule has 2 heterocycles. The van der Waals surface area contributed by atoms with Gasteiger partial charge in [0, 0.05) is 31.2 Å². The van der Waals surface area contributed by atoms with Crippen LogP contribution in [0.3, 0.4) is 0 Å². The van der Waals surface area contributed by atoms with Crippen LogP contribution in [-0.4, -0.2) is 43.2 Å². The third kappa shape index (κ3) is 3.73. The lowest BCUT2D eigenvalue weighted by Crippen LogP contribution is -2.33. The summed E-state index contributed by atoms with van der Waals surface area (Å²) in [6.07, 6.45) is 2.17. The van der Waals surface area contributed by atoms with E-state index in [1.165, 1.54) is 5.39 Å². The Balaban J connectivity index is 1.57. The quantitative estimate of drug-likeness (QED) is 0.861. The topological polar surface area (TPSA) is 97.6 Å². The minimum Gasteiger partial charge on any atom is -0.439 e. The smallest absolute Gasteiger partial charge is 0.407 e. The summed E-state index contributed by atoms with van der Waals surface area (Å²) in [6.45, 7) is 1.81. The standard InChI is InChI=1S/C17H20N4O3/c18-15(22)11-24-17(23)20-9-12-6-8-21(10-12)16-14-4-2-1-3-13(14)5-7-19-16/h1-5,7,12H,6,8-11H2,(H2,18,22)(H,20,23). The molecule has 1 aromatic heterocycles. The highest BCUT2D eigenvalue weighted by Crippen LogP contribution is 2.28. The van der Waals surface area contributed by atoms with Gasteiger partial charge in [-0.1, -0.05) is 24.3 Å². The van der Waals surface area contributed by atoms with Crippen molar-refractivity contribution in [2.24, 2.45) is 11.7 Å². The first-order chi connectivity index (χ1) is 11.6. The Morgan fingerprint density at radius 1 is 1.33 bits per heavy atom. The number of benzene rings is 1. The summed E-state index contributed by atoms with van der Waals surface area (Å²) in [5, 5.41) is 4.97. The summed E-state index contributed by atoms with van der Waals surface area (Å²) < 4.78 is 4.68. The fourth-order valence-corrected chi connectivity index (χ4v) is 2.96. The molecule has 2 amide bonds. The highest BCUT2D eigenvalue weighted by atomic mass is 16.6. The molecule has 1 aromatic carbocycles. The number of rotatable bonds is 5. The second-order valence-electron chi connectivity index (χ2n) is 5.88. The number of alkyl carbamates (subject to hydrolysis) is 1. The maximum absolute atomic E-state index is 11.5. The maximum Gasteiger partial charge on any atom is 0.407 e. The highest BCUT2D eigenvalue weighted by molar-refractivity contribution is 5.92. The van der Waals surface area contributed by atoms with Gasteiger partial charge in [-0.15, -0.1) is 0 Å². The van der Waals surface area contributed by atoms with Crippen LogP contribution in [-0.2, 0) is 9.53 Å². The lowest BCUT2D eigenvalue weighted by Gasteiger charge is -2.19. The zero-order valence-corrected chi connectivity index (χ0v) is 13.3. The van der Waals surface area contributed by atoms with E-state index < -0.39 is 18.6 Å². The molecule has 1 fully saturated rings. The van der Waals surface area contributed by atoms with E-state index in [4.69, 9.17) is 5.73 Å². The van der Waals surface area contributed by atoms with Crippen molar-refractivity contribution in [1.82, 2.24) is 10.3 Å². The highest BCUT2D eigenvalue weighted by Gasteiger charge is 2.25. The van der Waals surface area contributed by atoms with Crippen molar-refractivity contribution in [2.45, 2.75) is 6.42 Å². The summed E-state index contributed by atoms with van der Waals surface area (Å²) in [7, 11) is 0. The number of nitrogens with one attached hydrogen (secondary N) is 1. The number of carbonyl (C=O) groups excluding carboxylic acids is 2. The third-order valence-electron chi connectivity index (χ3n) is 4.12. The molecule has 0 bridgehead atoms. The number of anilines is 1. The number of pyridine rings is 1. The van der Waals surface area contributed by atoms with E-state index in [1.54, 1.807) is 0 Å². The van der Waals surface area contributed by atoms with Crippen LogP contribution in [0.15, 0.2) is 36.5 Å². The van der Waals surface area contributed by atoms with Gasteiger partial charge in [0.2, 0.25) is 0 Å². The fourth-order valence-electron chi connectivity index (χ4n) is 2.96. The van der Waals surface area contributed by atoms with Crippen LogP contribution in [0.2, 0.25) is 0 Å². The van der Waals surface area contributed by atoms with Crippen LogP contribution in [0.25, 0.3) is 10.8 Å². The number of hydrogen-bond donors (Lipinski definition) is 2. The molecule has 0 aliphatic carbocycles. The monoisotopic (exact) mass is 328 g/mol. The predicted octanol–water partition coefficient (Wildman–Crippen LogP) is 1.27. The van der Waals surface area contributed by atoms with Crippen molar-refractivity contribution < 1.29 is 14.3 Å².